The summed E-state index contributed by atoms with van der Waals surface area (Å²) in [5, 5.41) is 3.20. The molecule has 3 aliphatic rings. The van der Waals surface area contributed by atoms with Gasteiger partial charge < -0.3 is 10.1 Å². The number of piperidine rings is 1. The summed E-state index contributed by atoms with van der Waals surface area (Å²) in [6.07, 6.45) is 6.08. The molecule has 1 aromatic carbocycles. The minimum Gasteiger partial charge on any atom is -0.497 e. The molecule has 1 N–H and O–H groups in total. The molecule has 27 heavy (non-hydrogen) atoms. The Morgan fingerprint density at radius 2 is 1.78 bits per heavy atom. The van der Waals surface area contributed by atoms with Gasteiger partial charge in [0.15, 0.2) is 0 Å². The number of carbonyl (C=O) groups is 1. The summed E-state index contributed by atoms with van der Waals surface area (Å²) in [4.78, 5) is 12.9. The average Bonchev–Trinajstić information content (AvgIpc) is 3.32. The molecule has 2 aliphatic carbocycles. The van der Waals surface area contributed by atoms with Gasteiger partial charge in [-0.05, 0) is 68.2 Å². The van der Waals surface area contributed by atoms with Crippen LogP contribution in [0.2, 0.25) is 0 Å². The van der Waals surface area contributed by atoms with Crippen LogP contribution in [0.3, 0.4) is 0 Å². The van der Waals surface area contributed by atoms with Gasteiger partial charge in [0.25, 0.3) is 0 Å². The van der Waals surface area contributed by atoms with Gasteiger partial charge in [-0.25, -0.2) is 8.42 Å². The Morgan fingerprint density at radius 1 is 1.07 bits per heavy atom. The highest BCUT2D eigenvalue weighted by Crippen LogP contribution is 2.48. The van der Waals surface area contributed by atoms with Crippen molar-refractivity contribution in [1.29, 1.82) is 0 Å². The molecule has 7 heteroatoms. The van der Waals surface area contributed by atoms with Gasteiger partial charge in [0, 0.05) is 25.0 Å². The summed E-state index contributed by atoms with van der Waals surface area (Å²) >= 11 is 0. The third-order valence-corrected chi connectivity index (χ3v) is 8.49. The minimum absolute atomic E-state index is 0.0824. The lowest BCUT2D eigenvalue weighted by Gasteiger charge is -2.33. The maximum atomic E-state index is 12.8. The molecular formula is C20H28N2O4S. The number of rotatable bonds is 5. The van der Waals surface area contributed by atoms with Crippen molar-refractivity contribution in [3.05, 3.63) is 24.3 Å². The van der Waals surface area contributed by atoms with Crippen LogP contribution in [-0.4, -0.2) is 44.9 Å². The lowest BCUT2D eigenvalue weighted by Crippen LogP contribution is -2.48. The highest BCUT2D eigenvalue weighted by atomic mass is 32.2. The van der Waals surface area contributed by atoms with Gasteiger partial charge in [0.05, 0.1) is 12.0 Å². The fourth-order valence-corrected chi connectivity index (χ4v) is 6.48. The molecule has 3 unspecified atom stereocenters. The number of nitrogens with one attached hydrogen (secondary N) is 1. The standard InChI is InChI=1S/C20H28N2O4S/c1-26-17-4-6-18(7-5-17)27(24,25)22-10-8-16(9-11-22)21-20(23)19-13-14-2-3-15(19)12-14/h4-7,14-16,19H,2-3,8-13H2,1H3,(H,21,23). The Hall–Kier alpha value is -1.60. The number of fused-ring (bicyclic) bond motifs is 2. The van der Waals surface area contributed by atoms with E-state index in [1.807, 2.05) is 0 Å². The predicted molar refractivity (Wildman–Crippen MR) is 102 cm³/mol. The molecule has 0 radical (unpaired) electrons. The summed E-state index contributed by atoms with van der Waals surface area (Å²) in [7, 11) is -1.94. The van der Waals surface area contributed by atoms with Crippen molar-refractivity contribution in [2.75, 3.05) is 20.2 Å². The molecule has 2 saturated carbocycles. The topological polar surface area (TPSA) is 75.7 Å². The van der Waals surface area contributed by atoms with Crippen LogP contribution < -0.4 is 10.1 Å². The van der Waals surface area contributed by atoms with Crippen LogP contribution in [-0.2, 0) is 14.8 Å². The van der Waals surface area contributed by atoms with Crippen LogP contribution in [0.4, 0.5) is 0 Å². The van der Waals surface area contributed by atoms with E-state index in [9.17, 15) is 13.2 Å². The zero-order valence-corrected chi connectivity index (χ0v) is 16.6. The molecule has 0 spiro atoms. The molecule has 148 valence electrons. The molecule has 1 amide bonds. The first-order valence-electron chi connectivity index (χ1n) is 9.92. The summed E-state index contributed by atoms with van der Waals surface area (Å²) in [6, 6.07) is 6.57. The fraction of sp³-hybridized carbons (Fsp3) is 0.650. The molecule has 3 atom stereocenters. The minimum atomic E-state index is -3.50. The van der Waals surface area contributed by atoms with Crippen LogP contribution in [0.25, 0.3) is 0 Å². The van der Waals surface area contributed by atoms with Crippen molar-refractivity contribution in [2.24, 2.45) is 17.8 Å². The van der Waals surface area contributed by atoms with Crippen molar-refractivity contribution < 1.29 is 17.9 Å². The van der Waals surface area contributed by atoms with E-state index in [-0.39, 0.29) is 22.8 Å². The highest BCUT2D eigenvalue weighted by Gasteiger charge is 2.43. The second-order valence-corrected chi connectivity index (χ2v) is 10.1. The van der Waals surface area contributed by atoms with Gasteiger partial charge in [-0.3, -0.25) is 4.79 Å². The third kappa shape index (κ3) is 3.72. The van der Waals surface area contributed by atoms with E-state index in [0.29, 0.717) is 37.6 Å². The van der Waals surface area contributed by atoms with E-state index < -0.39 is 10.0 Å². The summed E-state index contributed by atoms with van der Waals surface area (Å²) < 4.78 is 32.2. The fourth-order valence-electron chi connectivity index (χ4n) is 5.01. The van der Waals surface area contributed by atoms with Crippen molar-refractivity contribution in [3.8, 4) is 5.75 Å². The maximum Gasteiger partial charge on any atom is 0.243 e. The van der Waals surface area contributed by atoms with E-state index in [1.54, 1.807) is 31.4 Å². The van der Waals surface area contributed by atoms with Crippen molar-refractivity contribution in [2.45, 2.75) is 49.5 Å². The second kappa shape index (κ2) is 7.43. The van der Waals surface area contributed by atoms with Gasteiger partial charge in [0.1, 0.15) is 5.75 Å². The number of hydrogen-bond acceptors (Lipinski definition) is 4. The van der Waals surface area contributed by atoms with Crippen molar-refractivity contribution in [3.63, 3.8) is 0 Å². The van der Waals surface area contributed by atoms with Gasteiger partial charge in [-0.15, -0.1) is 0 Å². The zero-order chi connectivity index (χ0) is 19.0. The Bertz CT molecular complexity index is 785. The number of sulfonamides is 1. The number of ether oxygens (including phenoxy) is 1. The molecule has 2 bridgehead atoms. The van der Waals surface area contributed by atoms with E-state index in [4.69, 9.17) is 4.74 Å². The van der Waals surface area contributed by atoms with Crippen LogP contribution in [0.5, 0.6) is 5.75 Å². The van der Waals surface area contributed by atoms with Crippen molar-refractivity contribution in [1.82, 2.24) is 9.62 Å². The Morgan fingerprint density at radius 3 is 2.33 bits per heavy atom. The molecular weight excluding hydrogens is 364 g/mol. The SMILES string of the molecule is COc1ccc(S(=O)(=O)N2CCC(NC(=O)C3CC4CCC3C4)CC2)cc1. The summed E-state index contributed by atoms with van der Waals surface area (Å²) in [5.41, 5.74) is 0. The Balaban J connectivity index is 1.32. The number of benzene rings is 1. The lowest BCUT2D eigenvalue weighted by molar-refractivity contribution is -0.127. The highest BCUT2D eigenvalue weighted by molar-refractivity contribution is 7.89. The number of hydrogen-bond donors (Lipinski definition) is 1. The molecule has 0 aromatic heterocycles. The normalized spacial score (nSPS) is 29.0. The molecule has 4 rings (SSSR count). The monoisotopic (exact) mass is 392 g/mol. The second-order valence-electron chi connectivity index (χ2n) is 8.14. The Kier molecular flexibility index (Phi) is 5.16. The molecule has 1 aromatic rings. The number of carbonyl (C=O) groups excluding carboxylic acids is 1. The third-order valence-electron chi connectivity index (χ3n) is 6.57. The largest absolute Gasteiger partial charge is 0.497 e. The molecule has 3 fully saturated rings. The molecule has 6 nitrogen and oxygen atoms in total. The van der Waals surface area contributed by atoms with Gasteiger partial charge in [-0.1, -0.05) is 6.42 Å². The first-order chi connectivity index (χ1) is 13.0. The smallest absolute Gasteiger partial charge is 0.243 e. The summed E-state index contributed by atoms with van der Waals surface area (Å²) in [6.45, 7) is 0.881. The number of nitrogens with zero attached hydrogens (tertiary/aromatic N) is 1. The first-order valence-corrected chi connectivity index (χ1v) is 11.4. The first kappa shape index (κ1) is 18.7. The maximum absolute atomic E-state index is 12.8. The Labute approximate surface area is 161 Å². The van der Waals surface area contributed by atoms with E-state index in [0.717, 1.165) is 12.3 Å². The summed E-state index contributed by atoms with van der Waals surface area (Å²) in [5.74, 6) is 2.34. The lowest BCUT2D eigenvalue weighted by atomic mass is 9.88. The van der Waals surface area contributed by atoms with E-state index in [1.165, 1.54) is 23.6 Å². The van der Waals surface area contributed by atoms with E-state index >= 15 is 0 Å². The predicted octanol–water partition coefficient (Wildman–Crippen LogP) is 2.40. The van der Waals surface area contributed by atoms with Gasteiger partial charge >= 0.3 is 0 Å². The van der Waals surface area contributed by atoms with E-state index in [2.05, 4.69) is 5.32 Å². The number of amides is 1. The average molecular weight is 393 g/mol. The molecule has 1 aliphatic heterocycles. The quantitative estimate of drug-likeness (QED) is 0.835. The van der Waals surface area contributed by atoms with Crippen LogP contribution in [0, 0.1) is 17.8 Å². The van der Waals surface area contributed by atoms with Crippen LogP contribution in [0.15, 0.2) is 29.2 Å². The van der Waals surface area contributed by atoms with Crippen molar-refractivity contribution >= 4 is 15.9 Å². The van der Waals surface area contributed by atoms with Crippen LogP contribution in [0.1, 0.15) is 38.5 Å². The molecule has 1 heterocycles. The zero-order valence-electron chi connectivity index (χ0n) is 15.8. The van der Waals surface area contributed by atoms with Crippen LogP contribution >= 0.6 is 0 Å². The number of methoxy groups -OCH3 is 1. The van der Waals surface area contributed by atoms with Gasteiger partial charge in [0.2, 0.25) is 15.9 Å². The molecule has 1 saturated heterocycles. The van der Waals surface area contributed by atoms with Gasteiger partial charge in [-0.2, -0.15) is 4.31 Å².